The standard InChI is InChI=1S/C22H24ClN3O2/c1-15-4-2-7-18(12-15)25-8-10-26(11-9-25)22(28)20-14-19(20)21(27)24-17-6-3-5-16(23)13-17/h2-7,12-13,19-20H,8-11,14H2,1H3,(H,24,27). The molecule has 1 aliphatic carbocycles. The Hall–Kier alpha value is -2.53. The lowest BCUT2D eigenvalue weighted by atomic mass is 10.2. The number of nitrogens with one attached hydrogen (secondary N) is 1. The normalized spacial score (nSPS) is 21.4. The largest absolute Gasteiger partial charge is 0.368 e. The van der Waals surface area contributed by atoms with Crippen LogP contribution in [0.5, 0.6) is 0 Å². The summed E-state index contributed by atoms with van der Waals surface area (Å²) in [5.41, 5.74) is 3.11. The molecule has 146 valence electrons. The minimum absolute atomic E-state index is 0.0981. The van der Waals surface area contributed by atoms with Crippen LogP contribution in [0.1, 0.15) is 12.0 Å². The van der Waals surface area contributed by atoms with Gasteiger partial charge in [-0.05, 0) is 49.2 Å². The van der Waals surface area contributed by atoms with E-state index in [0.717, 1.165) is 13.1 Å². The van der Waals surface area contributed by atoms with Crippen LogP contribution >= 0.6 is 11.6 Å². The van der Waals surface area contributed by atoms with Crippen LogP contribution < -0.4 is 10.2 Å². The number of hydrogen-bond acceptors (Lipinski definition) is 3. The summed E-state index contributed by atoms with van der Waals surface area (Å²) in [6.45, 7) is 5.13. The molecule has 2 unspecified atom stereocenters. The Morgan fingerprint density at radius 1 is 1.00 bits per heavy atom. The summed E-state index contributed by atoms with van der Waals surface area (Å²) in [4.78, 5) is 29.4. The molecule has 5 nitrogen and oxygen atoms in total. The average Bonchev–Trinajstić information content (AvgIpc) is 3.49. The van der Waals surface area contributed by atoms with Gasteiger partial charge in [0.05, 0.1) is 11.8 Å². The number of halogens is 1. The molecular formula is C22H24ClN3O2. The molecule has 2 aromatic carbocycles. The van der Waals surface area contributed by atoms with Gasteiger partial charge in [0.2, 0.25) is 11.8 Å². The van der Waals surface area contributed by atoms with Crippen LogP contribution in [0.4, 0.5) is 11.4 Å². The summed E-state index contributed by atoms with van der Waals surface area (Å²) in [5.74, 6) is -0.417. The maximum absolute atomic E-state index is 12.8. The van der Waals surface area contributed by atoms with Gasteiger partial charge in [0.1, 0.15) is 0 Å². The molecule has 0 aromatic heterocycles. The summed E-state index contributed by atoms with van der Waals surface area (Å²) >= 11 is 5.95. The average molecular weight is 398 g/mol. The molecule has 1 saturated heterocycles. The lowest BCUT2D eigenvalue weighted by molar-refractivity contribution is -0.134. The maximum atomic E-state index is 12.8. The van der Waals surface area contributed by atoms with Crippen LogP contribution in [-0.2, 0) is 9.59 Å². The van der Waals surface area contributed by atoms with Crippen molar-refractivity contribution in [2.75, 3.05) is 36.4 Å². The van der Waals surface area contributed by atoms with E-state index in [1.54, 1.807) is 24.3 Å². The smallest absolute Gasteiger partial charge is 0.228 e. The van der Waals surface area contributed by atoms with Crippen molar-refractivity contribution in [1.82, 2.24) is 4.90 Å². The summed E-state index contributed by atoms with van der Waals surface area (Å²) in [5, 5.41) is 3.44. The molecule has 1 aliphatic heterocycles. The van der Waals surface area contributed by atoms with Gasteiger partial charge < -0.3 is 15.1 Å². The number of amides is 2. The van der Waals surface area contributed by atoms with E-state index in [1.807, 2.05) is 4.90 Å². The van der Waals surface area contributed by atoms with Gasteiger partial charge in [0.25, 0.3) is 0 Å². The van der Waals surface area contributed by atoms with Gasteiger partial charge in [-0.3, -0.25) is 9.59 Å². The highest BCUT2D eigenvalue weighted by Gasteiger charge is 2.49. The van der Waals surface area contributed by atoms with Gasteiger partial charge in [0, 0.05) is 42.6 Å². The van der Waals surface area contributed by atoms with Gasteiger partial charge >= 0.3 is 0 Å². The van der Waals surface area contributed by atoms with Crippen LogP contribution in [0, 0.1) is 18.8 Å². The number of benzene rings is 2. The molecule has 0 spiro atoms. The van der Waals surface area contributed by atoms with E-state index in [4.69, 9.17) is 11.6 Å². The minimum atomic E-state index is -0.235. The second-order valence-corrected chi connectivity index (χ2v) is 8.04. The number of carbonyl (C=O) groups excluding carboxylic acids is 2. The Morgan fingerprint density at radius 2 is 1.75 bits per heavy atom. The van der Waals surface area contributed by atoms with Gasteiger partial charge in [-0.1, -0.05) is 29.8 Å². The molecule has 0 bridgehead atoms. The van der Waals surface area contributed by atoms with E-state index in [2.05, 4.69) is 41.4 Å². The van der Waals surface area contributed by atoms with Gasteiger partial charge in [-0.2, -0.15) is 0 Å². The zero-order valence-corrected chi connectivity index (χ0v) is 16.7. The lowest BCUT2D eigenvalue weighted by Gasteiger charge is -2.36. The lowest BCUT2D eigenvalue weighted by Crippen LogP contribution is -2.49. The fourth-order valence-electron chi connectivity index (χ4n) is 3.80. The van der Waals surface area contributed by atoms with Crippen LogP contribution in [0.2, 0.25) is 5.02 Å². The van der Waals surface area contributed by atoms with Crippen molar-refractivity contribution in [2.24, 2.45) is 11.8 Å². The van der Waals surface area contributed by atoms with E-state index >= 15 is 0 Å². The SMILES string of the molecule is Cc1cccc(N2CCN(C(=O)C3CC3C(=O)Nc3cccc(Cl)c3)CC2)c1. The second kappa shape index (κ2) is 7.84. The highest BCUT2D eigenvalue weighted by molar-refractivity contribution is 6.30. The summed E-state index contributed by atoms with van der Waals surface area (Å²) < 4.78 is 0. The minimum Gasteiger partial charge on any atom is -0.368 e. The van der Waals surface area contributed by atoms with Crippen LogP contribution in [0.3, 0.4) is 0 Å². The zero-order chi connectivity index (χ0) is 19.7. The third-order valence-corrected chi connectivity index (χ3v) is 5.73. The summed E-state index contributed by atoms with van der Waals surface area (Å²) in [7, 11) is 0. The highest BCUT2D eigenvalue weighted by atomic mass is 35.5. The van der Waals surface area contributed by atoms with Crippen molar-refractivity contribution in [3.8, 4) is 0 Å². The van der Waals surface area contributed by atoms with Crippen LogP contribution in [0.25, 0.3) is 0 Å². The Bertz CT molecular complexity index is 893. The van der Waals surface area contributed by atoms with Gasteiger partial charge in [-0.15, -0.1) is 0 Å². The third-order valence-electron chi connectivity index (χ3n) is 5.49. The van der Waals surface area contributed by atoms with Gasteiger partial charge in [0.15, 0.2) is 0 Å². The first-order valence-corrected chi connectivity index (χ1v) is 10.1. The molecule has 2 aromatic rings. The fraction of sp³-hybridized carbons (Fsp3) is 0.364. The number of hydrogen-bond donors (Lipinski definition) is 1. The number of carbonyl (C=O) groups is 2. The van der Waals surface area contributed by atoms with E-state index in [0.29, 0.717) is 30.2 Å². The fourth-order valence-corrected chi connectivity index (χ4v) is 3.99. The number of aryl methyl sites for hydroxylation is 1. The predicted octanol–water partition coefficient (Wildman–Crippen LogP) is 3.57. The molecule has 1 N–H and O–H groups in total. The highest BCUT2D eigenvalue weighted by Crippen LogP contribution is 2.41. The number of nitrogens with zero attached hydrogens (tertiary/aromatic N) is 2. The number of rotatable bonds is 4. The molecule has 2 fully saturated rings. The Labute approximate surface area is 170 Å². The first kappa shape index (κ1) is 18.8. The first-order valence-electron chi connectivity index (χ1n) is 9.68. The topological polar surface area (TPSA) is 52.7 Å². The Morgan fingerprint density at radius 3 is 2.46 bits per heavy atom. The Balaban J connectivity index is 1.29. The number of piperazine rings is 1. The molecule has 2 atom stereocenters. The molecule has 0 radical (unpaired) electrons. The maximum Gasteiger partial charge on any atom is 0.228 e. The molecule has 4 rings (SSSR count). The molecule has 28 heavy (non-hydrogen) atoms. The van der Waals surface area contributed by atoms with E-state index in [-0.39, 0.29) is 23.7 Å². The van der Waals surface area contributed by atoms with Crippen molar-refractivity contribution in [1.29, 1.82) is 0 Å². The summed E-state index contributed by atoms with van der Waals surface area (Å²) in [6.07, 6.45) is 0.628. The molecule has 2 aliphatic rings. The van der Waals surface area contributed by atoms with Crippen molar-refractivity contribution in [2.45, 2.75) is 13.3 Å². The number of anilines is 2. The quantitative estimate of drug-likeness (QED) is 0.858. The molecule has 1 heterocycles. The van der Waals surface area contributed by atoms with E-state index in [1.165, 1.54) is 11.3 Å². The van der Waals surface area contributed by atoms with Crippen LogP contribution in [0.15, 0.2) is 48.5 Å². The van der Waals surface area contributed by atoms with E-state index in [9.17, 15) is 9.59 Å². The Kier molecular flexibility index (Phi) is 5.27. The monoisotopic (exact) mass is 397 g/mol. The summed E-state index contributed by atoms with van der Waals surface area (Å²) in [6, 6.07) is 15.5. The van der Waals surface area contributed by atoms with E-state index < -0.39 is 0 Å². The molecule has 1 saturated carbocycles. The predicted molar refractivity (Wildman–Crippen MR) is 112 cm³/mol. The van der Waals surface area contributed by atoms with Gasteiger partial charge in [-0.25, -0.2) is 0 Å². The molecule has 2 amide bonds. The van der Waals surface area contributed by atoms with Crippen molar-refractivity contribution >= 4 is 34.8 Å². The molecule has 6 heteroatoms. The first-order chi connectivity index (χ1) is 13.5. The zero-order valence-electron chi connectivity index (χ0n) is 15.9. The van der Waals surface area contributed by atoms with Crippen LogP contribution in [-0.4, -0.2) is 42.9 Å². The van der Waals surface area contributed by atoms with Crippen molar-refractivity contribution in [3.05, 3.63) is 59.1 Å². The molecular weight excluding hydrogens is 374 g/mol. The second-order valence-electron chi connectivity index (χ2n) is 7.60. The van der Waals surface area contributed by atoms with Crippen molar-refractivity contribution < 1.29 is 9.59 Å². The van der Waals surface area contributed by atoms with Crippen molar-refractivity contribution in [3.63, 3.8) is 0 Å². The third kappa shape index (κ3) is 4.14.